The quantitative estimate of drug-likeness (QED) is 0.549. The Labute approximate surface area is 151 Å². The van der Waals surface area contributed by atoms with E-state index >= 15 is 0 Å². The molecule has 4 rings (SSSR count). The van der Waals surface area contributed by atoms with Gasteiger partial charge in [-0.05, 0) is 11.6 Å². The van der Waals surface area contributed by atoms with Gasteiger partial charge in [-0.3, -0.25) is 0 Å². The monoisotopic (exact) mass is 345 g/mol. The van der Waals surface area contributed by atoms with Gasteiger partial charge in [0.15, 0.2) is 0 Å². The Hall–Kier alpha value is -3.18. The summed E-state index contributed by atoms with van der Waals surface area (Å²) in [7, 11) is 1.69. The summed E-state index contributed by atoms with van der Waals surface area (Å²) in [6.45, 7) is 0.527. The molecule has 26 heavy (non-hydrogen) atoms. The number of furan rings is 1. The average molecular weight is 345 g/mol. The van der Waals surface area contributed by atoms with Crippen molar-refractivity contribution in [3.8, 4) is 11.3 Å². The largest absolute Gasteiger partial charge is 0.438 e. The van der Waals surface area contributed by atoms with Crippen LogP contribution in [0.4, 0.5) is 5.82 Å². The van der Waals surface area contributed by atoms with Crippen molar-refractivity contribution in [3.05, 3.63) is 78.6 Å². The van der Waals surface area contributed by atoms with Gasteiger partial charge >= 0.3 is 0 Å². The van der Waals surface area contributed by atoms with Crippen molar-refractivity contribution in [2.75, 3.05) is 19.0 Å². The smallest absolute Gasteiger partial charge is 0.231 e. The number of anilines is 1. The van der Waals surface area contributed by atoms with Gasteiger partial charge in [0.1, 0.15) is 17.9 Å². The maximum atomic E-state index is 5.92. The molecule has 0 aliphatic heterocycles. The number of nitrogens with one attached hydrogen (secondary N) is 1. The summed E-state index contributed by atoms with van der Waals surface area (Å²) in [5.41, 5.74) is 2.70. The minimum Gasteiger partial charge on any atom is -0.438 e. The van der Waals surface area contributed by atoms with Crippen molar-refractivity contribution in [3.63, 3.8) is 0 Å². The summed E-state index contributed by atoms with van der Waals surface area (Å²) in [5, 5.41) is 4.32. The van der Waals surface area contributed by atoms with E-state index in [1.807, 2.05) is 54.6 Å². The first-order chi connectivity index (χ1) is 12.8. The summed E-state index contributed by atoms with van der Waals surface area (Å²) >= 11 is 0. The standard InChI is InChI=1S/C21H19N3O2/c1-25-13-18(15-8-4-2-5-9-15)24-20-17-12-19(16-10-6-3-7-11-16)26-21(17)23-14-22-20/h2-12,14,18H,13H2,1H3,(H,22,23,24)/t18-/m1/s1. The summed E-state index contributed by atoms with van der Waals surface area (Å²) in [6.07, 6.45) is 1.51. The first kappa shape index (κ1) is 16.3. The second-order valence-electron chi connectivity index (χ2n) is 5.98. The number of benzene rings is 2. The first-order valence-corrected chi connectivity index (χ1v) is 8.45. The van der Waals surface area contributed by atoms with Crippen LogP contribution in [0, 0.1) is 0 Å². The zero-order valence-corrected chi connectivity index (χ0v) is 14.4. The van der Waals surface area contributed by atoms with Crippen molar-refractivity contribution in [2.45, 2.75) is 6.04 Å². The Morgan fingerprint density at radius 3 is 2.46 bits per heavy atom. The van der Waals surface area contributed by atoms with Crippen LogP contribution in [0.5, 0.6) is 0 Å². The Balaban J connectivity index is 1.70. The SMILES string of the molecule is COC[C@@H](Nc1ncnc2oc(-c3ccccc3)cc12)c1ccccc1. The molecule has 0 bridgehead atoms. The molecule has 2 heterocycles. The van der Waals surface area contributed by atoms with Crippen LogP contribution in [-0.2, 0) is 4.74 Å². The van der Waals surface area contributed by atoms with Gasteiger partial charge in [-0.15, -0.1) is 0 Å². The Morgan fingerprint density at radius 1 is 1.00 bits per heavy atom. The molecule has 4 aromatic rings. The predicted molar refractivity (Wildman–Crippen MR) is 102 cm³/mol. The van der Waals surface area contributed by atoms with Gasteiger partial charge in [-0.2, -0.15) is 0 Å². The average Bonchev–Trinajstić information content (AvgIpc) is 3.14. The highest BCUT2D eigenvalue weighted by molar-refractivity contribution is 5.89. The third kappa shape index (κ3) is 3.30. The minimum atomic E-state index is -0.0191. The van der Waals surface area contributed by atoms with E-state index in [4.69, 9.17) is 9.15 Å². The number of hydrogen-bond acceptors (Lipinski definition) is 5. The lowest BCUT2D eigenvalue weighted by atomic mass is 10.1. The number of ether oxygens (including phenoxy) is 1. The Kier molecular flexibility index (Phi) is 4.62. The van der Waals surface area contributed by atoms with Gasteiger partial charge in [-0.25, -0.2) is 9.97 Å². The first-order valence-electron chi connectivity index (χ1n) is 8.45. The molecule has 0 unspecified atom stereocenters. The second-order valence-corrected chi connectivity index (χ2v) is 5.98. The second kappa shape index (κ2) is 7.37. The highest BCUT2D eigenvalue weighted by Crippen LogP contribution is 2.31. The highest BCUT2D eigenvalue weighted by atomic mass is 16.5. The van der Waals surface area contributed by atoms with E-state index in [0.717, 1.165) is 28.1 Å². The van der Waals surface area contributed by atoms with Crippen molar-refractivity contribution in [2.24, 2.45) is 0 Å². The van der Waals surface area contributed by atoms with E-state index in [9.17, 15) is 0 Å². The molecule has 0 fully saturated rings. The number of nitrogens with zero attached hydrogens (tertiary/aromatic N) is 2. The number of aromatic nitrogens is 2. The Bertz CT molecular complexity index is 984. The summed E-state index contributed by atoms with van der Waals surface area (Å²) < 4.78 is 11.3. The van der Waals surface area contributed by atoms with Gasteiger partial charge < -0.3 is 14.5 Å². The van der Waals surface area contributed by atoms with E-state index < -0.39 is 0 Å². The normalized spacial score (nSPS) is 12.2. The predicted octanol–water partition coefficient (Wildman–Crippen LogP) is 4.69. The van der Waals surface area contributed by atoms with E-state index in [0.29, 0.717) is 12.3 Å². The van der Waals surface area contributed by atoms with E-state index in [-0.39, 0.29) is 6.04 Å². The molecule has 2 aromatic carbocycles. The van der Waals surface area contributed by atoms with Crippen LogP contribution in [0.2, 0.25) is 0 Å². The van der Waals surface area contributed by atoms with Crippen molar-refractivity contribution < 1.29 is 9.15 Å². The minimum absolute atomic E-state index is 0.0191. The van der Waals surface area contributed by atoms with Crippen LogP contribution >= 0.6 is 0 Å². The van der Waals surface area contributed by atoms with Gasteiger partial charge in [0.2, 0.25) is 5.71 Å². The van der Waals surface area contributed by atoms with Crippen LogP contribution in [-0.4, -0.2) is 23.7 Å². The lowest BCUT2D eigenvalue weighted by Crippen LogP contribution is -2.17. The number of hydrogen-bond donors (Lipinski definition) is 1. The van der Waals surface area contributed by atoms with E-state index in [2.05, 4.69) is 27.4 Å². The summed E-state index contributed by atoms with van der Waals surface area (Å²) in [5.74, 6) is 1.50. The molecule has 130 valence electrons. The molecule has 0 saturated heterocycles. The molecule has 0 aliphatic rings. The number of methoxy groups -OCH3 is 1. The maximum Gasteiger partial charge on any atom is 0.231 e. The zero-order chi connectivity index (χ0) is 17.8. The molecule has 1 N–H and O–H groups in total. The zero-order valence-electron chi connectivity index (χ0n) is 14.4. The van der Waals surface area contributed by atoms with Crippen LogP contribution in [0.1, 0.15) is 11.6 Å². The molecular formula is C21H19N3O2. The van der Waals surface area contributed by atoms with Gasteiger partial charge in [0, 0.05) is 12.7 Å². The van der Waals surface area contributed by atoms with Crippen molar-refractivity contribution in [1.82, 2.24) is 9.97 Å². The Morgan fingerprint density at radius 2 is 1.73 bits per heavy atom. The number of fused-ring (bicyclic) bond motifs is 1. The molecule has 0 saturated carbocycles. The van der Waals surface area contributed by atoms with E-state index in [1.54, 1.807) is 7.11 Å². The van der Waals surface area contributed by atoms with E-state index in [1.165, 1.54) is 6.33 Å². The van der Waals surface area contributed by atoms with Gasteiger partial charge in [-0.1, -0.05) is 60.7 Å². The molecule has 5 heteroatoms. The van der Waals surface area contributed by atoms with Crippen LogP contribution in [0.3, 0.4) is 0 Å². The summed E-state index contributed by atoms with van der Waals surface area (Å²) in [4.78, 5) is 8.69. The molecule has 0 aliphatic carbocycles. The fourth-order valence-corrected chi connectivity index (χ4v) is 2.95. The van der Waals surface area contributed by atoms with Crippen molar-refractivity contribution in [1.29, 1.82) is 0 Å². The third-order valence-electron chi connectivity index (χ3n) is 4.23. The molecule has 1 atom stereocenters. The summed E-state index contributed by atoms with van der Waals surface area (Å²) in [6, 6.07) is 22.1. The third-order valence-corrected chi connectivity index (χ3v) is 4.23. The topological polar surface area (TPSA) is 60.2 Å². The van der Waals surface area contributed by atoms with Crippen LogP contribution in [0.25, 0.3) is 22.4 Å². The lowest BCUT2D eigenvalue weighted by Gasteiger charge is -2.19. The molecule has 0 radical (unpaired) electrons. The van der Waals surface area contributed by atoms with Crippen LogP contribution in [0.15, 0.2) is 77.5 Å². The van der Waals surface area contributed by atoms with Gasteiger partial charge in [0.05, 0.1) is 18.0 Å². The molecular weight excluding hydrogens is 326 g/mol. The van der Waals surface area contributed by atoms with Crippen molar-refractivity contribution >= 4 is 16.9 Å². The van der Waals surface area contributed by atoms with Gasteiger partial charge in [0.25, 0.3) is 0 Å². The maximum absolute atomic E-state index is 5.92. The van der Waals surface area contributed by atoms with Crippen LogP contribution < -0.4 is 5.32 Å². The molecule has 0 amide bonds. The molecule has 5 nitrogen and oxygen atoms in total. The highest BCUT2D eigenvalue weighted by Gasteiger charge is 2.16. The molecule has 0 spiro atoms. The lowest BCUT2D eigenvalue weighted by molar-refractivity contribution is 0.186. The fraction of sp³-hybridized carbons (Fsp3) is 0.143. The number of rotatable bonds is 6. The molecule has 2 aromatic heterocycles. The fourth-order valence-electron chi connectivity index (χ4n) is 2.95.